The van der Waals surface area contributed by atoms with E-state index in [1.54, 1.807) is 0 Å². The molecule has 0 heterocycles. The highest BCUT2D eigenvalue weighted by molar-refractivity contribution is 5.62. The molecule has 0 saturated carbocycles. The van der Waals surface area contributed by atoms with E-state index in [4.69, 9.17) is 16.3 Å². The van der Waals surface area contributed by atoms with Crippen LogP contribution in [0.25, 0.3) is 0 Å². The van der Waals surface area contributed by atoms with Gasteiger partial charge in [-0.15, -0.1) is 0 Å². The van der Waals surface area contributed by atoms with Crippen LogP contribution in [0.3, 0.4) is 0 Å². The normalized spacial score (nSPS) is 10.8. The molecule has 0 aliphatic rings. The van der Waals surface area contributed by atoms with Crippen LogP contribution in [0.4, 0.5) is 27.6 Å². The van der Waals surface area contributed by atoms with Gasteiger partial charge in [0.15, 0.2) is 11.6 Å². The molecule has 0 unspecified atom stereocenters. The second-order valence-electron chi connectivity index (χ2n) is 2.89. The van der Waals surface area contributed by atoms with Gasteiger partial charge in [0.1, 0.15) is 28.8 Å². The summed E-state index contributed by atoms with van der Waals surface area (Å²) in [6.07, 6.45) is -5.26. The lowest BCUT2D eigenvalue weighted by Crippen LogP contribution is -2.16. The molecule has 0 atom stereocenters. The maximum Gasteiger partial charge on any atom is 0.421 e. The Balaban J connectivity index is 3.88. The first kappa shape index (κ1) is 12.7. The van der Waals surface area contributed by atoms with Crippen LogP contribution in [0.15, 0.2) is 0 Å². The average Bonchev–Trinajstić information content (AvgIpc) is 2.21. The van der Waals surface area contributed by atoms with Crippen molar-refractivity contribution in [3.8, 4) is 12.1 Å². The van der Waals surface area contributed by atoms with E-state index >= 15 is 0 Å². The maximum absolute atomic E-state index is 13.3. The highest BCUT2D eigenvalue weighted by Crippen LogP contribution is 2.39. The van der Waals surface area contributed by atoms with E-state index in [9.17, 15) is 22.0 Å². The minimum absolute atomic E-state index is 1.00. The number of nitrogen functional groups attached to an aromatic ring is 1. The van der Waals surface area contributed by atoms with E-state index in [1.165, 1.54) is 0 Å². The van der Waals surface area contributed by atoms with Gasteiger partial charge in [-0.2, -0.15) is 23.7 Å². The molecule has 0 saturated heterocycles. The Morgan fingerprint density at radius 3 is 1.71 bits per heavy atom. The number of alkyl halides is 3. The predicted octanol–water partition coefficient (Wildman–Crippen LogP) is 2.31. The highest BCUT2D eigenvalue weighted by atomic mass is 19.4. The highest BCUT2D eigenvalue weighted by Gasteiger charge is 2.40. The van der Waals surface area contributed by atoms with Gasteiger partial charge in [-0.05, 0) is 0 Å². The number of nitrogens with two attached hydrogens (primary N) is 1. The van der Waals surface area contributed by atoms with Crippen molar-refractivity contribution in [2.75, 3.05) is 5.73 Å². The number of hydrogen-bond donors (Lipinski definition) is 1. The lowest BCUT2D eigenvalue weighted by atomic mass is 10.0. The monoisotopic (exact) mass is 247 g/mol. The summed E-state index contributed by atoms with van der Waals surface area (Å²) >= 11 is 0. The minimum atomic E-state index is -5.26. The van der Waals surface area contributed by atoms with Crippen molar-refractivity contribution in [2.24, 2.45) is 0 Å². The number of benzene rings is 1. The van der Waals surface area contributed by atoms with Crippen molar-refractivity contribution in [3.05, 3.63) is 28.3 Å². The van der Waals surface area contributed by atoms with Gasteiger partial charge in [0.05, 0.1) is 5.69 Å². The zero-order valence-corrected chi connectivity index (χ0v) is 7.86. The van der Waals surface area contributed by atoms with Crippen LogP contribution in [0.1, 0.15) is 16.7 Å². The van der Waals surface area contributed by atoms with Gasteiger partial charge < -0.3 is 5.73 Å². The quantitative estimate of drug-likeness (QED) is 0.564. The molecule has 1 aromatic rings. The summed E-state index contributed by atoms with van der Waals surface area (Å²) < 4.78 is 63.7. The summed E-state index contributed by atoms with van der Waals surface area (Å²) in [7, 11) is 0. The third kappa shape index (κ3) is 1.85. The van der Waals surface area contributed by atoms with E-state index in [2.05, 4.69) is 0 Å². The molecule has 8 heteroatoms. The molecule has 0 spiro atoms. The molecule has 0 fully saturated rings. The Bertz CT molecular complexity index is 562. The number of rotatable bonds is 0. The number of hydrogen-bond acceptors (Lipinski definition) is 3. The Hall–Kier alpha value is -2.35. The lowest BCUT2D eigenvalue weighted by Gasteiger charge is -2.13. The van der Waals surface area contributed by atoms with E-state index in [0.29, 0.717) is 0 Å². The van der Waals surface area contributed by atoms with Gasteiger partial charge in [0.25, 0.3) is 0 Å². The third-order valence-corrected chi connectivity index (χ3v) is 1.92. The maximum atomic E-state index is 13.3. The summed E-state index contributed by atoms with van der Waals surface area (Å²) in [6, 6.07) is 2.09. The first-order chi connectivity index (χ1) is 7.75. The smallest absolute Gasteiger partial charge is 0.396 e. The van der Waals surface area contributed by atoms with E-state index < -0.39 is 40.2 Å². The molecule has 1 rings (SSSR count). The molecule has 88 valence electrons. The van der Waals surface area contributed by atoms with Crippen LogP contribution in [0.2, 0.25) is 0 Å². The second kappa shape index (κ2) is 3.91. The topological polar surface area (TPSA) is 73.6 Å². The first-order valence-electron chi connectivity index (χ1n) is 3.93. The van der Waals surface area contributed by atoms with Gasteiger partial charge in [-0.1, -0.05) is 0 Å². The van der Waals surface area contributed by atoms with Crippen LogP contribution < -0.4 is 5.73 Å². The molecule has 0 aliphatic heterocycles. The fourth-order valence-corrected chi connectivity index (χ4v) is 1.19. The number of anilines is 1. The van der Waals surface area contributed by atoms with Crippen molar-refractivity contribution < 1.29 is 22.0 Å². The molecule has 17 heavy (non-hydrogen) atoms. The average molecular weight is 247 g/mol. The summed E-state index contributed by atoms with van der Waals surface area (Å²) in [5, 5.41) is 16.8. The van der Waals surface area contributed by atoms with Crippen LogP contribution in [-0.4, -0.2) is 0 Å². The Morgan fingerprint density at radius 1 is 0.941 bits per heavy atom. The largest absolute Gasteiger partial charge is 0.421 e. The minimum Gasteiger partial charge on any atom is -0.396 e. The fourth-order valence-electron chi connectivity index (χ4n) is 1.19. The van der Waals surface area contributed by atoms with Gasteiger partial charge in [0, 0.05) is 0 Å². The van der Waals surface area contributed by atoms with Crippen LogP contribution in [0, 0.1) is 34.3 Å². The third-order valence-electron chi connectivity index (χ3n) is 1.92. The molecule has 0 amide bonds. The Morgan fingerprint density at radius 2 is 1.35 bits per heavy atom. The van der Waals surface area contributed by atoms with Gasteiger partial charge in [0.2, 0.25) is 0 Å². The van der Waals surface area contributed by atoms with Crippen molar-refractivity contribution in [3.63, 3.8) is 0 Å². The zero-order valence-electron chi connectivity index (χ0n) is 7.86. The standard InChI is InChI=1S/C9H2F5N3/c10-6-3(1-15)4(2-16)7(11)8(17)5(6)9(12,13)14/h17H2. The van der Waals surface area contributed by atoms with Crippen molar-refractivity contribution in [2.45, 2.75) is 6.18 Å². The van der Waals surface area contributed by atoms with Crippen LogP contribution >= 0.6 is 0 Å². The van der Waals surface area contributed by atoms with Gasteiger partial charge in [-0.3, -0.25) is 0 Å². The van der Waals surface area contributed by atoms with Crippen LogP contribution in [0.5, 0.6) is 0 Å². The molecule has 0 aliphatic carbocycles. The molecular formula is C9H2F5N3. The first-order valence-corrected chi connectivity index (χ1v) is 3.93. The molecule has 0 radical (unpaired) electrons. The summed E-state index contributed by atoms with van der Waals surface area (Å²) in [6.45, 7) is 0. The lowest BCUT2D eigenvalue weighted by molar-refractivity contribution is -0.139. The number of halogens is 5. The molecule has 1 aromatic carbocycles. The van der Waals surface area contributed by atoms with Crippen molar-refractivity contribution in [1.82, 2.24) is 0 Å². The van der Waals surface area contributed by atoms with Gasteiger partial charge in [-0.25, -0.2) is 8.78 Å². The summed E-state index contributed by atoms with van der Waals surface area (Å²) in [4.78, 5) is 0. The number of nitrogens with zero attached hydrogens (tertiary/aromatic N) is 2. The Labute approximate surface area is 91.5 Å². The van der Waals surface area contributed by atoms with Crippen molar-refractivity contribution >= 4 is 5.69 Å². The van der Waals surface area contributed by atoms with E-state index in [-0.39, 0.29) is 0 Å². The molecule has 0 bridgehead atoms. The molecule has 2 N–H and O–H groups in total. The molecule has 3 nitrogen and oxygen atoms in total. The van der Waals surface area contributed by atoms with E-state index in [1.807, 2.05) is 0 Å². The predicted molar refractivity (Wildman–Crippen MR) is 45.2 cm³/mol. The summed E-state index contributed by atoms with van der Waals surface area (Å²) in [5.41, 5.74) is -1.30. The summed E-state index contributed by atoms with van der Waals surface area (Å²) in [5.74, 6) is -3.80. The molecule has 0 aromatic heterocycles. The van der Waals surface area contributed by atoms with E-state index in [0.717, 1.165) is 12.1 Å². The molecular weight excluding hydrogens is 245 g/mol. The SMILES string of the molecule is N#Cc1c(F)c(N)c(C(F)(F)F)c(F)c1C#N. The van der Waals surface area contributed by atoms with Gasteiger partial charge >= 0.3 is 6.18 Å². The van der Waals surface area contributed by atoms with Crippen molar-refractivity contribution in [1.29, 1.82) is 10.5 Å². The fraction of sp³-hybridized carbons (Fsp3) is 0.111. The second-order valence-corrected chi connectivity index (χ2v) is 2.89. The Kier molecular flexibility index (Phi) is 2.92. The zero-order chi connectivity index (χ0) is 13.4. The van der Waals surface area contributed by atoms with Crippen LogP contribution in [-0.2, 0) is 6.18 Å². The number of nitriles is 2.